The van der Waals surface area contributed by atoms with Gasteiger partial charge in [0.05, 0.1) is 0 Å². The predicted octanol–water partition coefficient (Wildman–Crippen LogP) is 3.27. The second-order valence-electron chi connectivity index (χ2n) is 6.58. The molecule has 0 bridgehead atoms. The summed E-state index contributed by atoms with van der Waals surface area (Å²) in [7, 11) is 2.08. The summed E-state index contributed by atoms with van der Waals surface area (Å²) in [5.41, 5.74) is 4.70. The summed E-state index contributed by atoms with van der Waals surface area (Å²) in [6.45, 7) is 5.37. The summed E-state index contributed by atoms with van der Waals surface area (Å²) in [5.74, 6) is 1.67. The van der Waals surface area contributed by atoms with Crippen LogP contribution in [0.2, 0.25) is 0 Å². The molecular formula is C19H22N4. The lowest BCUT2D eigenvalue weighted by Crippen LogP contribution is -2.20. The normalized spacial score (nSPS) is 18.8. The van der Waals surface area contributed by atoms with Gasteiger partial charge >= 0.3 is 0 Å². The lowest BCUT2D eigenvalue weighted by atomic mass is 10.1. The largest absolute Gasteiger partial charge is 0.316 e. The maximum absolute atomic E-state index is 4.82. The second kappa shape index (κ2) is 5.78. The van der Waals surface area contributed by atoms with Gasteiger partial charge in [0.25, 0.3) is 0 Å². The zero-order valence-corrected chi connectivity index (χ0v) is 13.7. The van der Waals surface area contributed by atoms with Crippen LogP contribution in [0.5, 0.6) is 0 Å². The Morgan fingerprint density at radius 3 is 2.78 bits per heavy atom. The average Bonchev–Trinajstić information content (AvgIpc) is 3.15. The average molecular weight is 306 g/mol. The van der Waals surface area contributed by atoms with E-state index in [1.54, 1.807) is 0 Å². The number of fused-ring (bicyclic) bond motifs is 1. The molecule has 0 saturated carbocycles. The van der Waals surface area contributed by atoms with Crippen molar-refractivity contribution >= 4 is 11.2 Å². The number of imidazole rings is 1. The molecule has 1 aliphatic rings. The van der Waals surface area contributed by atoms with Gasteiger partial charge in [-0.1, -0.05) is 29.8 Å². The van der Waals surface area contributed by atoms with Crippen molar-refractivity contribution in [3.63, 3.8) is 0 Å². The number of hydrogen-bond donors (Lipinski definition) is 0. The van der Waals surface area contributed by atoms with Crippen molar-refractivity contribution < 1.29 is 0 Å². The molecule has 0 N–H and O–H groups in total. The van der Waals surface area contributed by atoms with Gasteiger partial charge in [0.15, 0.2) is 5.65 Å². The molecule has 0 aliphatic carbocycles. The van der Waals surface area contributed by atoms with E-state index in [2.05, 4.69) is 52.7 Å². The van der Waals surface area contributed by atoms with Crippen LogP contribution in [0.3, 0.4) is 0 Å². The first-order valence-electron chi connectivity index (χ1n) is 8.26. The van der Waals surface area contributed by atoms with Crippen LogP contribution < -0.4 is 0 Å². The van der Waals surface area contributed by atoms with E-state index in [0.717, 1.165) is 30.8 Å². The highest BCUT2D eigenvalue weighted by Gasteiger charge is 2.27. The minimum absolute atomic E-state index is 0.500. The zero-order chi connectivity index (χ0) is 15.8. The molecule has 0 radical (unpaired) electrons. The molecule has 2 aromatic heterocycles. The Bertz CT molecular complexity index is 819. The van der Waals surface area contributed by atoms with E-state index in [4.69, 9.17) is 4.98 Å². The van der Waals surface area contributed by atoms with Crippen molar-refractivity contribution in [2.45, 2.75) is 25.8 Å². The van der Waals surface area contributed by atoms with Gasteiger partial charge in [0.1, 0.15) is 11.3 Å². The maximum Gasteiger partial charge on any atom is 0.159 e. The van der Waals surface area contributed by atoms with Crippen molar-refractivity contribution in [3.05, 3.63) is 59.5 Å². The van der Waals surface area contributed by atoms with Crippen molar-refractivity contribution in [3.8, 4) is 0 Å². The van der Waals surface area contributed by atoms with Crippen molar-refractivity contribution in [2.24, 2.45) is 7.05 Å². The fourth-order valence-corrected chi connectivity index (χ4v) is 3.54. The number of benzene rings is 1. The van der Waals surface area contributed by atoms with Crippen molar-refractivity contribution in [2.75, 3.05) is 13.1 Å². The van der Waals surface area contributed by atoms with E-state index in [9.17, 15) is 0 Å². The Labute approximate surface area is 136 Å². The smallest absolute Gasteiger partial charge is 0.159 e. The molecule has 1 aromatic carbocycles. The monoisotopic (exact) mass is 306 g/mol. The number of pyridine rings is 1. The molecule has 4 nitrogen and oxygen atoms in total. The number of aromatic nitrogens is 3. The van der Waals surface area contributed by atoms with Gasteiger partial charge in [0, 0.05) is 32.3 Å². The van der Waals surface area contributed by atoms with Crippen LogP contribution in [0.25, 0.3) is 11.2 Å². The Morgan fingerprint density at radius 2 is 2.00 bits per heavy atom. The van der Waals surface area contributed by atoms with Gasteiger partial charge in [-0.15, -0.1) is 0 Å². The second-order valence-corrected chi connectivity index (χ2v) is 6.58. The first kappa shape index (κ1) is 14.4. The third-order valence-corrected chi connectivity index (χ3v) is 4.83. The number of hydrogen-bond acceptors (Lipinski definition) is 3. The number of likely N-dealkylation sites (tertiary alicyclic amines) is 1. The maximum atomic E-state index is 4.82. The molecule has 1 atom stereocenters. The highest BCUT2D eigenvalue weighted by atomic mass is 15.2. The Balaban J connectivity index is 1.51. The summed E-state index contributed by atoms with van der Waals surface area (Å²) in [6, 6.07) is 12.9. The molecule has 1 aliphatic heterocycles. The minimum atomic E-state index is 0.500. The van der Waals surface area contributed by atoms with E-state index in [0.29, 0.717) is 5.92 Å². The quantitative estimate of drug-likeness (QED) is 0.745. The number of nitrogens with zero attached hydrogens (tertiary/aromatic N) is 4. The fourth-order valence-electron chi connectivity index (χ4n) is 3.54. The van der Waals surface area contributed by atoms with E-state index >= 15 is 0 Å². The summed E-state index contributed by atoms with van der Waals surface area (Å²) < 4.78 is 2.16. The molecule has 1 unspecified atom stereocenters. The lowest BCUT2D eigenvalue weighted by Gasteiger charge is -2.16. The first-order valence-corrected chi connectivity index (χ1v) is 8.26. The third-order valence-electron chi connectivity index (χ3n) is 4.83. The van der Waals surface area contributed by atoms with Crippen LogP contribution in [0.1, 0.15) is 29.3 Å². The highest BCUT2D eigenvalue weighted by molar-refractivity contribution is 5.71. The van der Waals surface area contributed by atoms with Gasteiger partial charge in [-0.2, -0.15) is 0 Å². The van der Waals surface area contributed by atoms with E-state index in [1.807, 2.05) is 18.3 Å². The SMILES string of the molecule is Cc1ccc(CN2CCC(c3nc4cccnc4n3C)C2)cc1. The van der Waals surface area contributed by atoms with Gasteiger partial charge < -0.3 is 4.57 Å². The molecule has 4 rings (SSSR count). The van der Waals surface area contributed by atoms with Crippen LogP contribution >= 0.6 is 0 Å². The van der Waals surface area contributed by atoms with Crippen LogP contribution in [-0.4, -0.2) is 32.5 Å². The Kier molecular flexibility index (Phi) is 3.62. The van der Waals surface area contributed by atoms with E-state index < -0.39 is 0 Å². The molecule has 0 spiro atoms. The first-order chi connectivity index (χ1) is 11.2. The zero-order valence-electron chi connectivity index (χ0n) is 13.7. The Morgan fingerprint density at radius 1 is 1.17 bits per heavy atom. The molecule has 1 saturated heterocycles. The van der Waals surface area contributed by atoms with Crippen LogP contribution in [0.4, 0.5) is 0 Å². The van der Waals surface area contributed by atoms with Crippen LogP contribution in [0.15, 0.2) is 42.6 Å². The Hall–Kier alpha value is -2.20. The summed E-state index contributed by atoms with van der Waals surface area (Å²) in [5, 5.41) is 0. The number of aryl methyl sites for hydroxylation is 2. The molecule has 4 heteroatoms. The van der Waals surface area contributed by atoms with Crippen LogP contribution in [0, 0.1) is 6.92 Å². The molecule has 23 heavy (non-hydrogen) atoms. The minimum Gasteiger partial charge on any atom is -0.316 e. The summed E-state index contributed by atoms with van der Waals surface area (Å²) >= 11 is 0. The molecule has 118 valence electrons. The van der Waals surface area contributed by atoms with E-state index in [-0.39, 0.29) is 0 Å². The predicted molar refractivity (Wildman–Crippen MR) is 92.3 cm³/mol. The highest BCUT2D eigenvalue weighted by Crippen LogP contribution is 2.29. The summed E-state index contributed by atoms with van der Waals surface area (Å²) in [6.07, 6.45) is 3.01. The molecular weight excluding hydrogens is 284 g/mol. The van der Waals surface area contributed by atoms with Gasteiger partial charge in [0.2, 0.25) is 0 Å². The fraction of sp³-hybridized carbons (Fsp3) is 0.368. The van der Waals surface area contributed by atoms with E-state index in [1.165, 1.54) is 23.4 Å². The van der Waals surface area contributed by atoms with Gasteiger partial charge in [-0.3, -0.25) is 4.90 Å². The van der Waals surface area contributed by atoms with Crippen molar-refractivity contribution in [1.82, 2.24) is 19.4 Å². The molecule has 3 aromatic rings. The molecule has 3 heterocycles. The third kappa shape index (κ3) is 2.75. The van der Waals surface area contributed by atoms with Gasteiger partial charge in [-0.25, -0.2) is 9.97 Å². The van der Waals surface area contributed by atoms with Crippen molar-refractivity contribution in [1.29, 1.82) is 0 Å². The van der Waals surface area contributed by atoms with Gasteiger partial charge in [-0.05, 0) is 37.6 Å². The lowest BCUT2D eigenvalue weighted by molar-refractivity contribution is 0.325. The summed E-state index contributed by atoms with van der Waals surface area (Å²) in [4.78, 5) is 11.8. The van der Waals surface area contributed by atoms with Crippen LogP contribution in [-0.2, 0) is 13.6 Å². The molecule has 0 amide bonds. The number of rotatable bonds is 3. The topological polar surface area (TPSA) is 34.0 Å². The molecule has 1 fully saturated rings. The standard InChI is InChI=1S/C19H22N4/c1-14-5-7-15(8-6-14)12-23-11-9-16(13-23)18-21-17-4-3-10-20-19(17)22(18)2/h3-8,10,16H,9,11-13H2,1-2H3.